The highest BCUT2D eigenvalue weighted by Crippen LogP contribution is 2.07. The number of rotatable bonds is 10. The smallest absolute Gasteiger partial charge is 0.258 e. The van der Waals surface area contributed by atoms with Gasteiger partial charge >= 0.3 is 0 Å². The topological polar surface area (TPSA) is 67.9 Å². The molecule has 138 valence electrons. The number of hydrogen-bond donors (Lipinski definition) is 1. The molecule has 0 aliphatic rings. The molecule has 0 unspecified atom stereocenters. The second kappa shape index (κ2) is 10.9. The molecule has 0 aliphatic carbocycles. The standard InChI is InChI=1S/C20H24N2O4/c1-25-13-12-22(15-17-8-4-2-5-9-17)20(24)14-21-19(23)16-26-18-10-6-3-7-11-18/h2-11H,12-16H2,1H3,(H,21,23). The highest BCUT2D eigenvalue weighted by atomic mass is 16.5. The van der Waals surface area contributed by atoms with E-state index in [0.717, 1.165) is 5.56 Å². The van der Waals surface area contributed by atoms with Crippen LogP contribution in [0.5, 0.6) is 5.75 Å². The zero-order chi connectivity index (χ0) is 18.6. The van der Waals surface area contributed by atoms with Crippen LogP contribution in [-0.2, 0) is 20.9 Å². The van der Waals surface area contributed by atoms with Crippen LogP contribution in [0.1, 0.15) is 5.56 Å². The number of carbonyl (C=O) groups is 2. The average Bonchev–Trinajstić information content (AvgIpc) is 2.69. The van der Waals surface area contributed by atoms with Crippen LogP contribution in [0, 0.1) is 0 Å². The Balaban J connectivity index is 1.80. The molecular formula is C20H24N2O4. The van der Waals surface area contributed by atoms with E-state index in [0.29, 0.717) is 25.4 Å². The molecule has 0 bridgehead atoms. The maximum absolute atomic E-state index is 12.4. The minimum Gasteiger partial charge on any atom is -0.484 e. The van der Waals surface area contributed by atoms with Gasteiger partial charge in [0.1, 0.15) is 5.75 Å². The lowest BCUT2D eigenvalue weighted by Gasteiger charge is -2.22. The van der Waals surface area contributed by atoms with Crippen LogP contribution in [0.25, 0.3) is 0 Å². The lowest BCUT2D eigenvalue weighted by molar-refractivity contribution is -0.134. The minimum atomic E-state index is -0.339. The third-order valence-corrected chi connectivity index (χ3v) is 3.68. The van der Waals surface area contributed by atoms with E-state index in [4.69, 9.17) is 9.47 Å². The summed E-state index contributed by atoms with van der Waals surface area (Å²) in [6.07, 6.45) is 0. The van der Waals surface area contributed by atoms with Crippen molar-refractivity contribution in [1.82, 2.24) is 10.2 Å². The predicted octanol–water partition coefficient (Wildman–Crippen LogP) is 1.86. The monoisotopic (exact) mass is 356 g/mol. The SMILES string of the molecule is COCCN(Cc1ccccc1)C(=O)CNC(=O)COc1ccccc1. The minimum absolute atomic E-state index is 0.0759. The van der Waals surface area contributed by atoms with Gasteiger partial charge in [-0.05, 0) is 17.7 Å². The van der Waals surface area contributed by atoms with E-state index < -0.39 is 0 Å². The Morgan fingerprint density at radius 3 is 2.31 bits per heavy atom. The quantitative estimate of drug-likeness (QED) is 0.706. The molecule has 2 rings (SSSR count). The molecule has 1 N–H and O–H groups in total. The van der Waals surface area contributed by atoms with Crippen molar-refractivity contribution in [2.24, 2.45) is 0 Å². The molecule has 6 heteroatoms. The Labute approximate surface area is 153 Å². The molecule has 0 atom stereocenters. The van der Waals surface area contributed by atoms with Crippen LogP contribution >= 0.6 is 0 Å². The second-order valence-corrected chi connectivity index (χ2v) is 5.67. The third kappa shape index (κ3) is 6.94. The molecule has 0 radical (unpaired) electrons. The first-order chi connectivity index (χ1) is 12.7. The summed E-state index contributed by atoms with van der Waals surface area (Å²) in [6, 6.07) is 18.8. The predicted molar refractivity (Wildman–Crippen MR) is 98.7 cm³/mol. The highest BCUT2D eigenvalue weighted by molar-refractivity contribution is 5.85. The van der Waals surface area contributed by atoms with Crippen molar-refractivity contribution in [3.63, 3.8) is 0 Å². The summed E-state index contributed by atoms with van der Waals surface area (Å²) in [5.74, 6) is 0.104. The largest absolute Gasteiger partial charge is 0.484 e. The fourth-order valence-electron chi connectivity index (χ4n) is 2.30. The van der Waals surface area contributed by atoms with Gasteiger partial charge in [0.2, 0.25) is 5.91 Å². The first-order valence-corrected chi connectivity index (χ1v) is 8.44. The van der Waals surface area contributed by atoms with Crippen molar-refractivity contribution >= 4 is 11.8 Å². The summed E-state index contributed by atoms with van der Waals surface area (Å²) in [5, 5.41) is 2.60. The number of nitrogens with one attached hydrogen (secondary N) is 1. The number of nitrogens with zero attached hydrogens (tertiary/aromatic N) is 1. The summed E-state index contributed by atoms with van der Waals surface area (Å²) in [6.45, 7) is 1.16. The van der Waals surface area contributed by atoms with Gasteiger partial charge in [-0.15, -0.1) is 0 Å². The van der Waals surface area contributed by atoms with E-state index in [9.17, 15) is 9.59 Å². The van der Waals surface area contributed by atoms with Crippen molar-refractivity contribution in [2.45, 2.75) is 6.54 Å². The highest BCUT2D eigenvalue weighted by Gasteiger charge is 2.15. The Morgan fingerprint density at radius 1 is 1.00 bits per heavy atom. The van der Waals surface area contributed by atoms with Crippen LogP contribution in [0.15, 0.2) is 60.7 Å². The fraction of sp³-hybridized carbons (Fsp3) is 0.300. The second-order valence-electron chi connectivity index (χ2n) is 5.67. The molecule has 26 heavy (non-hydrogen) atoms. The molecule has 0 aliphatic heterocycles. The van der Waals surface area contributed by atoms with Gasteiger partial charge in [-0.3, -0.25) is 9.59 Å². The van der Waals surface area contributed by atoms with Crippen molar-refractivity contribution in [3.8, 4) is 5.75 Å². The van der Waals surface area contributed by atoms with E-state index in [-0.39, 0.29) is 25.0 Å². The lowest BCUT2D eigenvalue weighted by atomic mass is 10.2. The molecule has 2 aromatic rings. The van der Waals surface area contributed by atoms with E-state index in [2.05, 4.69) is 5.32 Å². The van der Waals surface area contributed by atoms with Crippen LogP contribution in [0.2, 0.25) is 0 Å². The van der Waals surface area contributed by atoms with Gasteiger partial charge in [0, 0.05) is 20.2 Å². The Morgan fingerprint density at radius 2 is 1.65 bits per heavy atom. The van der Waals surface area contributed by atoms with Crippen LogP contribution in [0.3, 0.4) is 0 Å². The maximum Gasteiger partial charge on any atom is 0.258 e. The zero-order valence-corrected chi connectivity index (χ0v) is 14.9. The van der Waals surface area contributed by atoms with Crippen molar-refractivity contribution < 1.29 is 19.1 Å². The number of methoxy groups -OCH3 is 1. The number of benzene rings is 2. The Bertz CT molecular complexity index is 677. The number of hydrogen-bond acceptors (Lipinski definition) is 4. The lowest BCUT2D eigenvalue weighted by Crippen LogP contribution is -2.42. The van der Waals surface area contributed by atoms with Gasteiger partial charge in [-0.2, -0.15) is 0 Å². The van der Waals surface area contributed by atoms with Crippen molar-refractivity contribution in [2.75, 3.05) is 33.4 Å². The van der Waals surface area contributed by atoms with Gasteiger partial charge in [0.05, 0.1) is 13.2 Å². The summed E-state index contributed by atoms with van der Waals surface area (Å²) in [4.78, 5) is 26.0. The number of para-hydroxylation sites is 1. The number of amides is 2. The van der Waals surface area contributed by atoms with Crippen molar-refractivity contribution in [1.29, 1.82) is 0 Å². The van der Waals surface area contributed by atoms with E-state index in [1.54, 1.807) is 24.1 Å². The number of ether oxygens (including phenoxy) is 2. The van der Waals surface area contributed by atoms with Crippen LogP contribution in [-0.4, -0.2) is 50.1 Å². The summed E-state index contributed by atoms with van der Waals surface area (Å²) in [7, 11) is 1.59. The van der Waals surface area contributed by atoms with Crippen LogP contribution < -0.4 is 10.1 Å². The molecular weight excluding hydrogens is 332 g/mol. The first-order valence-electron chi connectivity index (χ1n) is 8.44. The normalized spacial score (nSPS) is 10.2. The summed E-state index contributed by atoms with van der Waals surface area (Å²) < 4.78 is 10.4. The maximum atomic E-state index is 12.4. The summed E-state index contributed by atoms with van der Waals surface area (Å²) in [5.41, 5.74) is 1.02. The summed E-state index contributed by atoms with van der Waals surface area (Å²) >= 11 is 0. The number of carbonyl (C=O) groups excluding carboxylic acids is 2. The Hall–Kier alpha value is -2.86. The molecule has 0 aromatic heterocycles. The molecule has 0 fully saturated rings. The molecule has 6 nitrogen and oxygen atoms in total. The zero-order valence-electron chi connectivity index (χ0n) is 14.9. The van der Waals surface area contributed by atoms with E-state index in [1.807, 2.05) is 48.5 Å². The van der Waals surface area contributed by atoms with E-state index >= 15 is 0 Å². The van der Waals surface area contributed by atoms with Gasteiger partial charge in [0.15, 0.2) is 6.61 Å². The first kappa shape index (κ1) is 19.5. The third-order valence-electron chi connectivity index (χ3n) is 3.68. The van der Waals surface area contributed by atoms with Crippen molar-refractivity contribution in [3.05, 3.63) is 66.2 Å². The molecule has 2 aromatic carbocycles. The van der Waals surface area contributed by atoms with Crippen LogP contribution in [0.4, 0.5) is 0 Å². The molecule has 2 amide bonds. The van der Waals surface area contributed by atoms with E-state index in [1.165, 1.54) is 0 Å². The van der Waals surface area contributed by atoms with Gasteiger partial charge in [0.25, 0.3) is 5.91 Å². The fourth-order valence-corrected chi connectivity index (χ4v) is 2.30. The molecule has 0 saturated carbocycles. The van der Waals surface area contributed by atoms with Gasteiger partial charge in [-0.1, -0.05) is 48.5 Å². The molecule has 0 heterocycles. The van der Waals surface area contributed by atoms with Gasteiger partial charge < -0.3 is 19.7 Å². The Kier molecular flexibility index (Phi) is 8.15. The average molecular weight is 356 g/mol. The van der Waals surface area contributed by atoms with Gasteiger partial charge in [-0.25, -0.2) is 0 Å². The molecule has 0 saturated heterocycles. The molecule has 0 spiro atoms.